The van der Waals surface area contributed by atoms with Crippen molar-refractivity contribution >= 4 is 28.2 Å². The molecular weight excluding hydrogens is 384 g/mol. The van der Waals surface area contributed by atoms with Gasteiger partial charge in [0.2, 0.25) is 0 Å². The van der Waals surface area contributed by atoms with Gasteiger partial charge in [-0.3, -0.25) is 14.9 Å². The molecule has 1 amide bonds. The van der Waals surface area contributed by atoms with Gasteiger partial charge in [0.05, 0.1) is 18.1 Å². The van der Waals surface area contributed by atoms with Crippen molar-refractivity contribution < 1.29 is 14.5 Å². The number of anilines is 1. The number of aromatic amines is 1. The summed E-state index contributed by atoms with van der Waals surface area (Å²) in [5.74, 6) is -0.178. The molecule has 0 atom stereocenters. The van der Waals surface area contributed by atoms with E-state index in [1.165, 1.54) is 6.07 Å². The molecule has 0 bridgehead atoms. The van der Waals surface area contributed by atoms with Crippen molar-refractivity contribution in [2.75, 3.05) is 37.7 Å². The third kappa shape index (κ3) is 3.19. The number of nitro groups is 1. The maximum absolute atomic E-state index is 13.2. The minimum Gasteiger partial charge on any atom is -0.378 e. The van der Waals surface area contributed by atoms with Gasteiger partial charge in [-0.1, -0.05) is 18.2 Å². The number of nitrogens with zero attached hydrogens (tertiary/aromatic N) is 3. The summed E-state index contributed by atoms with van der Waals surface area (Å²) >= 11 is 0. The molecule has 2 aliphatic rings. The number of carbonyl (C=O) groups excluding carboxylic acids is 1. The van der Waals surface area contributed by atoms with Crippen LogP contribution in [0.5, 0.6) is 0 Å². The number of amides is 1. The largest absolute Gasteiger partial charge is 0.378 e. The van der Waals surface area contributed by atoms with E-state index in [1.807, 2.05) is 23.1 Å². The van der Waals surface area contributed by atoms with Crippen LogP contribution in [0.3, 0.4) is 0 Å². The van der Waals surface area contributed by atoms with Crippen molar-refractivity contribution in [1.82, 2.24) is 9.88 Å². The fraction of sp³-hybridized carbons (Fsp3) is 0.318. The Labute approximate surface area is 173 Å². The van der Waals surface area contributed by atoms with Crippen molar-refractivity contribution in [2.45, 2.75) is 13.0 Å². The van der Waals surface area contributed by atoms with E-state index in [0.717, 1.165) is 28.6 Å². The molecule has 1 N–H and O–H groups in total. The Kier molecular flexibility index (Phi) is 4.63. The monoisotopic (exact) mass is 406 g/mol. The molecule has 8 heteroatoms. The number of nitro benzene ring substituents is 1. The molecule has 1 fully saturated rings. The molecule has 3 aromatic rings. The molecule has 0 radical (unpaired) electrons. The zero-order valence-electron chi connectivity index (χ0n) is 16.5. The second-order valence-electron chi connectivity index (χ2n) is 7.66. The minimum absolute atomic E-state index is 0.0347. The van der Waals surface area contributed by atoms with Gasteiger partial charge in [-0.15, -0.1) is 0 Å². The minimum atomic E-state index is -0.407. The van der Waals surface area contributed by atoms with Crippen LogP contribution < -0.4 is 4.90 Å². The number of H-pyrrole nitrogens is 1. The molecule has 3 heterocycles. The molecule has 2 aliphatic heterocycles. The SMILES string of the molecule is O=C(c1ccc(N2CCOCC2)c([N+](=O)[O-])c1)N1CCc2[nH]c3ccccc3c2C1. The average Bonchev–Trinajstić information content (AvgIpc) is 3.16. The number of carbonyl (C=O) groups is 1. The second-order valence-corrected chi connectivity index (χ2v) is 7.66. The van der Waals surface area contributed by atoms with Gasteiger partial charge in [-0.2, -0.15) is 0 Å². The Hall–Kier alpha value is -3.39. The van der Waals surface area contributed by atoms with Gasteiger partial charge in [-0.05, 0) is 18.2 Å². The van der Waals surface area contributed by atoms with Crippen LogP contribution in [0, 0.1) is 10.1 Å². The van der Waals surface area contributed by atoms with Gasteiger partial charge in [-0.25, -0.2) is 0 Å². The highest BCUT2D eigenvalue weighted by Crippen LogP contribution is 2.32. The van der Waals surface area contributed by atoms with E-state index in [-0.39, 0.29) is 11.6 Å². The van der Waals surface area contributed by atoms with Crippen LogP contribution in [0.2, 0.25) is 0 Å². The number of nitrogens with one attached hydrogen (secondary N) is 1. The topological polar surface area (TPSA) is 91.7 Å². The summed E-state index contributed by atoms with van der Waals surface area (Å²) in [5, 5.41) is 12.8. The number of fused-ring (bicyclic) bond motifs is 3. The van der Waals surface area contributed by atoms with Gasteiger partial charge in [0, 0.05) is 66.4 Å². The zero-order valence-corrected chi connectivity index (χ0v) is 16.5. The van der Waals surface area contributed by atoms with Crippen molar-refractivity contribution in [3.05, 3.63) is 69.4 Å². The molecule has 5 rings (SSSR count). The summed E-state index contributed by atoms with van der Waals surface area (Å²) in [6, 6.07) is 12.9. The van der Waals surface area contributed by atoms with Gasteiger partial charge in [0.1, 0.15) is 5.69 Å². The van der Waals surface area contributed by atoms with Crippen LogP contribution in [-0.4, -0.2) is 53.6 Å². The van der Waals surface area contributed by atoms with Gasteiger partial charge in [0.25, 0.3) is 11.6 Å². The number of morpholine rings is 1. The fourth-order valence-corrected chi connectivity index (χ4v) is 4.40. The van der Waals surface area contributed by atoms with Gasteiger partial charge >= 0.3 is 0 Å². The first-order valence-electron chi connectivity index (χ1n) is 10.1. The summed E-state index contributed by atoms with van der Waals surface area (Å²) in [4.78, 5) is 31.6. The molecule has 154 valence electrons. The summed E-state index contributed by atoms with van der Waals surface area (Å²) in [5.41, 5.74) is 4.22. The normalized spacial score (nSPS) is 16.5. The number of hydrogen-bond acceptors (Lipinski definition) is 5. The first-order chi connectivity index (χ1) is 14.6. The molecule has 8 nitrogen and oxygen atoms in total. The maximum Gasteiger partial charge on any atom is 0.293 e. The predicted molar refractivity (Wildman–Crippen MR) is 113 cm³/mol. The number of ether oxygens (including phenoxy) is 1. The Balaban J connectivity index is 1.43. The highest BCUT2D eigenvalue weighted by atomic mass is 16.6. The molecule has 0 saturated carbocycles. The zero-order chi connectivity index (χ0) is 20.7. The summed E-state index contributed by atoms with van der Waals surface area (Å²) in [6.07, 6.45) is 0.740. The molecule has 30 heavy (non-hydrogen) atoms. The summed E-state index contributed by atoms with van der Waals surface area (Å²) in [6.45, 7) is 3.36. The van der Waals surface area contributed by atoms with E-state index in [2.05, 4.69) is 11.1 Å². The number of benzene rings is 2. The average molecular weight is 406 g/mol. The van der Waals surface area contributed by atoms with Gasteiger partial charge in [0.15, 0.2) is 0 Å². The molecule has 2 aromatic carbocycles. The number of para-hydroxylation sites is 1. The van der Waals surface area contributed by atoms with Crippen LogP contribution in [0.1, 0.15) is 21.6 Å². The Bertz CT molecular complexity index is 1130. The Morgan fingerprint density at radius 3 is 2.70 bits per heavy atom. The third-order valence-corrected chi connectivity index (χ3v) is 5.94. The molecule has 1 saturated heterocycles. The number of rotatable bonds is 3. The van der Waals surface area contributed by atoms with Crippen molar-refractivity contribution in [3.63, 3.8) is 0 Å². The second kappa shape index (κ2) is 7.46. The summed E-state index contributed by atoms with van der Waals surface area (Å²) < 4.78 is 5.34. The summed E-state index contributed by atoms with van der Waals surface area (Å²) in [7, 11) is 0. The molecule has 0 spiro atoms. The number of hydrogen-bond donors (Lipinski definition) is 1. The Morgan fingerprint density at radius 2 is 1.90 bits per heavy atom. The fourth-order valence-electron chi connectivity index (χ4n) is 4.40. The van der Waals surface area contributed by atoms with Crippen molar-refractivity contribution in [3.8, 4) is 0 Å². The quantitative estimate of drug-likeness (QED) is 0.533. The molecular formula is C22H22N4O4. The van der Waals surface area contributed by atoms with E-state index >= 15 is 0 Å². The maximum atomic E-state index is 13.2. The lowest BCUT2D eigenvalue weighted by atomic mass is 10.0. The van der Waals surface area contributed by atoms with Crippen LogP contribution in [0.4, 0.5) is 11.4 Å². The molecule has 1 aromatic heterocycles. The van der Waals surface area contributed by atoms with Crippen LogP contribution in [-0.2, 0) is 17.7 Å². The molecule has 0 aliphatic carbocycles. The van der Waals surface area contributed by atoms with E-state index in [0.29, 0.717) is 50.6 Å². The first kappa shape index (κ1) is 18.6. The van der Waals surface area contributed by atoms with Crippen LogP contribution in [0.25, 0.3) is 10.9 Å². The van der Waals surface area contributed by atoms with Gasteiger partial charge < -0.3 is 19.5 Å². The lowest BCUT2D eigenvalue weighted by molar-refractivity contribution is -0.384. The van der Waals surface area contributed by atoms with Crippen LogP contribution >= 0.6 is 0 Å². The van der Waals surface area contributed by atoms with E-state index in [9.17, 15) is 14.9 Å². The lowest BCUT2D eigenvalue weighted by Crippen LogP contribution is -2.37. The van der Waals surface area contributed by atoms with Crippen molar-refractivity contribution in [1.29, 1.82) is 0 Å². The first-order valence-corrected chi connectivity index (χ1v) is 10.1. The highest BCUT2D eigenvalue weighted by molar-refractivity contribution is 5.96. The smallest absolute Gasteiger partial charge is 0.293 e. The highest BCUT2D eigenvalue weighted by Gasteiger charge is 2.28. The molecule has 0 unspecified atom stereocenters. The van der Waals surface area contributed by atoms with Crippen LogP contribution in [0.15, 0.2) is 42.5 Å². The van der Waals surface area contributed by atoms with E-state index < -0.39 is 4.92 Å². The third-order valence-electron chi connectivity index (χ3n) is 5.94. The standard InChI is InChI=1S/C22H22N4O4/c27-22(25-8-7-19-17(14-25)16-3-1-2-4-18(16)23-19)15-5-6-20(21(13-15)26(28)29)24-9-11-30-12-10-24/h1-6,13,23H,7-12,14H2. The van der Waals surface area contributed by atoms with E-state index in [4.69, 9.17) is 4.74 Å². The van der Waals surface area contributed by atoms with Crippen molar-refractivity contribution in [2.24, 2.45) is 0 Å². The Morgan fingerprint density at radius 1 is 1.10 bits per heavy atom. The predicted octanol–water partition coefficient (Wildman–Crippen LogP) is 3.11. The number of aromatic nitrogens is 1. The lowest BCUT2D eigenvalue weighted by Gasteiger charge is -2.29. The van der Waals surface area contributed by atoms with E-state index in [1.54, 1.807) is 17.0 Å².